The van der Waals surface area contributed by atoms with E-state index in [0.717, 1.165) is 13.1 Å². The van der Waals surface area contributed by atoms with Crippen molar-refractivity contribution in [3.05, 3.63) is 34.9 Å². The van der Waals surface area contributed by atoms with Crippen LogP contribution < -0.4 is 5.73 Å². The minimum absolute atomic E-state index is 0.586. The first-order valence-electron chi connectivity index (χ1n) is 6.71. The monoisotopic (exact) mass is 232 g/mol. The number of piperidine rings is 1. The molecule has 1 aromatic rings. The summed E-state index contributed by atoms with van der Waals surface area (Å²) in [6, 6.07) is 7.15. The molecular weight excluding hydrogens is 208 g/mol. The van der Waals surface area contributed by atoms with Gasteiger partial charge in [-0.15, -0.1) is 0 Å². The van der Waals surface area contributed by atoms with Crippen molar-refractivity contribution in [2.45, 2.75) is 45.7 Å². The summed E-state index contributed by atoms with van der Waals surface area (Å²) in [6.45, 7) is 7.49. The van der Waals surface area contributed by atoms with E-state index in [0.29, 0.717) is 6.04 Å². The lowest BCUT2D eigenvalue weighted by Crippen LogP contribution is -2.43. The molecule has 1 aromatic carbocycles. The van der Waals surface area contributed by atoms with Gasteiger partial charge in [0.1, 0.15) is 0 Å². The zero-order valence-electron chi connectivity index (χ0n) is 11.1. The number of benzene rings is 1. The fourth-order valence-corrected chi connectivity index (χ4v) is 2.84. The lowest BCUT2D eigenvalue weighted by atomic mass is 9.98. The van der Waals surface area contributed by atoms with Gasteiger partial charge in [0.15, 0.2) is 0 Å². The van der Waals surface area contributed by atoms with Crippen molar-refractivity contribution in [1.82, 2.24) is 4.90 Å². The molecule has 17 heavy (non-hydrogen) atoms. The molecule has 0 radical (unpaired) electrons. The summed E-state index contributed by atoms with van der Waals surface area (Å²) in [7, 11) is 0. The molecule has 2 rings (SSSR count). The van der Waals surface area contributed by atoms with Crippen LogP contribution in [0.5, 0.6) is 0 Å². The Balaban J connectivity index is 2.13. The van der Waals surface area contributed by atoms with Crippen molar-refractivity contribution in [2.24, 2.45) is 5.73 Å². The fraction of sp³-hybridized carbons (Fsp3) is 0.600. The second-order valence-corrected chi connectivity index (χ2v) is 5.23. The van der Waals surface area contributed by atoms with Crippen LogP contribution in [0.3, 0.4) is 0 Å². The maximum atomic E-state index is 5.88. The van der Waals surface area contributed by atoms with Crippen LogP contribution in [0.25, 0.3) is 0 Å². The number of nitrogens with zero attached hydrogens (tertiary/aromatic N) is 1. The van der Waals surface area contributed by atoms with Gasteiger partial charge in [-0.05, 0) is 49.9 Å². The van der Waals surface area contributed by atoms with Crippen molar-refractivity contribution < 1.29 is 0 Å². The Morgan fingerprint density at radius 2 is 1.94 bits per heavy atom. The van der Waals surface area contributed by atoms with E-state index in [1.165, 1.54) is 42.5 Å². The van der Waals surface area contributed by atoms with E-state index in [2.05, 4.69) is 36.9 Å². The van der Waals surface area contributed by atoms with Crippen LogP contribution in [0, 0.1) is 13.8 Å². The smallest absolute Gasteiger partial charge is 0.0242 e. The van der Waals surface area contributed by atoms with E-state index < -0.39 is 0 Å². The Bertz CT molecular complexity index is 353. The van der Waals surface area contributed by atoms with Crippen LogP contribution >= 0.6 is 0 Å². The highest BCUT2D eigenvalue weighted by Crippen LogP contribution is 2.22. The number of hydrogen-bond acceptors (Lipinski definition) is 2. The molecule has 0 amide bonds. The summed E-state index contributed by atoms with van der Waals surface area (Å²) in [4.78, 5) is 2.57. The van der Waals surface area contributed by atoms with Gasteiger partial charge in [0.05, 0.1) is 0 Å². The Hall–Kier alpha value is -0.860. The average Bonchev–Trinajstić information content (AvgIpc) is 2.34. The highest BCUT2D eigenvalue weighted by atomic mass is 15.2. The molecule has 1 atom stereocenters. The molecule has 1 aliphatic rings. The van der Waals surface area contributed by atoms with Crippen LogP contribution in [0.1, 0.15) is 36.0 Å². The SMILES string of the molecule is Cc1cccc(C)c1CN1CCCCC1CN. The van der Waals surface area contributed by atoms with E-state index in [9.17, 15) is 0 Å². The van der Waals surface area contributed by atoms with E-state index >= 15 is 0 Å². The van der Waals surface area contributed by atoms with Gasteiger partial charge in [-0.3, -0.25) is 4.90 Å². The van der Waals surface area contributed by atoms with E-state index in [1.807, 2.05) is 0 Å². The first kappa shape index (κ1) is 12.6. The summed E-state index contributed by atoms with van der Waals surface area (Å²) in [5.74, 6) is 0. The number of nitrogens with two attached hydrogens (primary N) is 1. The zero-order valence-corrected chi connectivity index (χ0v) is 11.1. The Morgan fingerprint density at radius 3 is 2.59 bits per heavy atom. The van der Waals surface area contributed by atoms with Crippen molar-refractivity contribution in [1.29, 1.82) is 0 Å². The van der Waals surface area contributed by atoms with Crippen LogP contribution in [0.15, 0.2) is 18.2 Å². The molecular formula is C15H24N2. The third-order valence-electron chi connectivity index (χ3n) is 4.03. The highest BCUT2D eigenvalue weighted by Gasteiger charge is 2.21. The maximum absolute atomic E-state index is 5.88. The Kier molecular flexibility index (Phi) is 4.19. The molecule has 1 aliphatic heterocycles. The summed E-state index contributed by atoms with van der Waals surface area (Å²) < 4.78 is 0. The number of hydrogen-bond donors (Lipinski definition) is 1. The minimum atomic E-state index is 0.586. The van der Waals surface area contributed by atoms with Crippen LogP contribution in [-0.4, -0.2) is 24.0 Å². The molecule has 1 saturated heterocycles. The molecule has 2 N–H and O–H groups in total. The fourth-order valence-electron chi connectivity index (χ4n) is 2.84. The van der Waals surface area contributed by atoms with Crippen molar-refractivity contribution in [2.75, 3.05) is 13.1 Å². The molecule has 94 valence electrons. The summed E-state index contributed by atoms with van der Waals surface area (Å²) in [5, 5.41) is 0. The van der Waals surface area contributed by atoms with Gasteiger partial charge in [-0.25, -0.2) is 0 Å². The van der Waals surface area contributed by atoms with Gasteiger partial charge in [0.2, 0.25) is 0 Å². The summed E-state index contributed by atoms with van der Waals surface area (Å²) in [5.41, 5.74) is 10.2. The highest BCUT2D eigenvalue weighted by molar-refractivity contribution is 5.33. The average molecular weight is 232 g/mol. The topological polar surface area (TPSA) is 29.3 Å². The normalized spacial score (nSPS) is 21.7. The van der Waals surface area contributed by atoms with Gasteiger partial charge < -0.3 is 5.73 Å². The molecule has 2 nitrogen and oxygen atoms in total. The van der Waals surface area contributed by atoms with Gasteiger partial charge >= 0.3 is 0 Å². The van der Waals surface area contributed by atoms with Crippen molar-refractivity contribution in [3.8, 4) is 0 Å². The predicted molar refractivity (Wildman–Crippen MR) is 73.0 cm³/mol. The first-order valence-corrected chi connectivity index (χ1v) is 6.71. The van der Waals surface area contributed by atoms with E-state index in [4.69, 9.17) is 5.73 Å². The third kappa shape index (κ3) is 2.88. The maximum Gasteiger partial charge on any atom is 0.0242 e. The van der Waals surface area contributed by atoms with Gasteiger partial charge in [0.25, 0.3) is 0 Å². The standard InChI is InChI=1S/C15H24N2/c1-12-6-5-7-13(2)15(12)11-17-9-4-3-8-14(17)10-16/h5-7,14H,3-4,8-11,16H2,1-2H3. The third-order valence-corrected chi connectivity index (χ3v) is 4.03. The molecule has 1 unspecified atom stereocenters. The summed E-state index contributed by atoms with van der Waals surface area (Å²) in [6.07, 6.45) is 3.92. The van der Waals surface area contributed by atoms with Gasteiger partial charge in [0, 0.05) is 19.1 Å². The predicted octanol–water partition coefficient (Wildman–Crippen LogP) is 2.62. The molecule has 1 fully saturated rings. The molecule has 0 spiro atoms. The Labute approximate surface area is 105 Å². The quantitative estimate of drug-likeness (QED) is 0.868. The lowest BCUT2D eigenvalue weighted by molar-refractivity contribution is 0.144. The van der Waals surface area contributed by atoms with Gasteiger partial charge in [-0.1, -0.05) is 24.6 Å². The summed E-state index contributed by atoms with van der Waals surface area (Å²) >= 11 is 0. The molecule has 2 heteroatoms. The van der Waals surface area contributed by atoms with Gasteiger partial charge in [-0.2, -0.15) is 0 Å². The first-order chi connectivity index (χ1) is 8.22. The molecule has 0 aromatic heterocycles. The molecule has 0 bridgehead atoms. The van der Waals surface area contributed by atoms with Crippen LogP contribution in [0.2, 0.25) is 0 Å². The van der Waals surface area contributed by atoms with Crippen LogP contribution in [0.4, 0.5) is 0 Å². The number of aryl methyl sites for hydroxylation is 2. The van der Waals surface area contributed by atoms with Crippen molar-refractivity contribution >= 4 is 0 Å². The van der Waals surface area contributed by atoms with Crippen LogP contribution in [-0.2, 0) is 6.54 Å². The molecule has 0 aliphatic carbocycles. The van der Waals surface area contributed by atoms with E-state index in [1.54, 1.807) is 0 Å². The second kappa shape index (κ2) is 5.65. The molecule has 1 heterocycles. The minimum Gasteiger partial charge on any atom is -0.329 e. The van der Waals surface area contributed by atoms with E-state index in [-0.39, 0.29) is 0 Å². The van der Waals surface area contributed by atoms with Crippen molar-refractivity contribution in [3.63, 3.8) is 0 Å². The number of likely N-dealkylation sites (tertiary alicyclic amines) is 1. The molecule has 0 saturated carbocycles. The largest absolute Gasteiger partial charge is 0.329 e. The lowest BCUT2D eigenvalue weighted by Gasteiger charge is -2.35. The Morgan fingerprint density at radius 1 is 1.24 bits per heavy atom. The number of rotatable bonds is 3. The zero-order chi connectivity index (χ0) is 12.3. The second-order valence-electron chi connectivity index (χ2n) is 5.23.